The van der Waals surface area contributed by atoms with Gasteiger partial charge < -0.3 is 14.7 Å². The number of carboxylic acids is 1. The standard InChI is InChI=1S/C23H27ClN4O3S.C2HF3O2/c1-23(2)21(29)28(22(30)27(23)16-17-5-7-25-8-6-17)18-3-4-20(19(24)15-18)32-14-11-26-9-12-31-13-10-26;3-2(4,5)1(6)7/h3-8,15H,9-14,16H2,1-2H3;(H,6,7). The van der Waals surface area contributed by atoms with Crippen LogP contribution < -0.4 is 4.90 Å². The predicted octanol–water partition coefficient (Wildman–Crippen LogP) is 4.54. The third-order valence-electron chi connectivity index (χ3n) is 6.10. The summed E-state index contributed by atoms with van der Waals surface area (Å²) in [5, 5.41) is 7.67. The van der Waals surface area contributed by atoms with Crippen LogP contribution >= 0.6 is 23.4 Å². The Hall–Kier alpha value is -2.87. The van der Waals surface area contributed by atoms with E-state index in [1.807, 2.05) is 18.2 Å². The van der Waals surface area contributed by atoms with E-state index < -0.39 is 17.7 Å². The molecule has 0 saturated carbocycles. The Morgan fingerprint density at radius 3 is 2.33 bits per heavy atom. The van der Waals surface area contributed by atoms with Crippen LogP contribution in [0.2, 0.25) is 5.02 Å². The molecule has 2 aliphatic rings. The van der Waals surface area contributed by atoms with Crippen molar-refractivity contribution in [3.63, 3.8) is 0 Å². The maximum absolute atomic E-state index is 13.2. The van der Waals surface area contributed by atoms with E-state index in [2.05, 4.69) is 9.88 Å². The molecule has 2 saturated heterocycles. The van der Waals surface area contributed by atoms with E-state index in [1.165, 1.54) is 4.90 Å². The van der Waals surface area contributed by atoms with Crippen molar-refractivity contribution >= 4 is 47.0 Å². The van der Waals surface area contributed by atoms with Gasteiger partial charge >= 0.3 is 18.2 Å². The second-order valence-electron chi connectivity index (χ2n) is 9.14. The van der Waals surface area contributed by atoms with Crippen molar-refractivity contribution < 1.29 is 37.4 Å². The summed E-state index contributed by atoms with van der Waals surface area (Å²) in [4.78, 5) is 45.4. The number of alkyl halides is 3. The number of thioether (sulfide) groups is 1. The van der Waals surface area contributed by atoms with Crippen LogP contribution in [0.4, 0.5) is 23.7 Å². The SMILES string of the molecule is CC1(C)C(=O)N(c2ccc(SCCN3CCOCC3)c(Cl)c2)C(=O)N1Cc1ccncc1.O=C(O)C(F)(F)F. The van der Waals surface area contributed by atoms with Gasteiger partial charge in [0.15, 0.2) is 0 Å². The fraction of sp³-hybridized carbons (Fsp3) is 0.440. The molecule has 4 rings (SSSR count). The minimum Gasteiger partial charge on any atom is -0.475 e. The summed E-state index contributed by atoms with van der Waals surface area (Å²) in [6, 6.07) is 8.74. The van der Waals surface area contributed by atoms with Crippen LogP contribution in [0.5, 0.6) is 0 Å². The lowest BCUT2D eigenvalue weighted by Crippen LogP contribution is -2.43. The number of nitrogens with zero attached hydrogens (tertiary/aromatic N) is 4. The number of rotatable bonds is 7. The van der Waals surface area contributed by atoms with Gasteiger partial charge in [-0.3, -0.25) is 14.7 Å². The molecule has 0 spiro atoms. The number of aliphatic carboxylic acids is 1. The lowest BCUT2D eigenvalue weighted by atomic mass is 10.0. The summed E-state index contributed by atoms with van der Waals surface area (Å²) in [5.74, 6) is -2.11. The Bertz CT molecular complexity index is 1180. The summed E-state index contributed by atoms with van der Waals surface area (Å²) in [6.07, 6.45) is -1.73. The molecule has 3 heterocycles. The number of imide groups is 1. The lowest BCUT2D eigenvalue weighted by Gasteiger charge is -2.27. The molecule has 0 atom stereocenters. The predicted molar refractivity (Wildman–Crippen MR) is 140 cm³/mol. The first-order chi connectivity index (χ1) is 18.3. The Morgan fingerprint density at radius 2 is 1.77 bits per heavy atom. The molecule has 0 unspecified atom stereocenters. The van der Waals surface area contributed by atoms with Crippen LogP contribution in [0.15, 0.2) is 47.6 Å². The summed E-state index contributed by atoms with van der Waals surface area (Å²) in [6.45, 7) is 8.32. The number of carbonyl (C=O) groups excluding carboxylic acids is 2. The number of anilines is 1. The van der Waals surface area contributed by atoms with Crippen molar-refractivity contribution in [1.82, 2.24) is 14.8 Å². The van der Waals surface area contributed by atoms with Gasteiger partial charge in [0.1, 0.15) is 5.54 Å². The normalized spacial score (nSPS) is 17.7. The molecule has 0 radical (unpaired) electrons. The maximum atomic E-state index is 13.2. The van der Waals surface area contributed by atoms with E-state index in [-0.39, 0.29) is 11.9 Å². The van der Waals surface area contributed by atoms with E-state index >= 15 is 0 Å². The van der Waals surface area contributed by atoms with Crippen molar-refractivity contribution in [3.8, 4) is 0 Å². The highest BCUT2D eigenvalue weighted by Crippen LogP contribution is 2.37. The molecule has 2 fully saturated rings. The van der Waals surface area contributed by atoms with Gasteiger partial charge in [0.05, 0.1) is 23.9 Å². The highest BCUT2D eigenvalue weighted by atomic mass is 35.5. The molecule has 2 aliphatic heterocycles. The van der Waals surface area contributed by atoms with Gasteiger partial charge in [-0.05, 0) is 49.7 Å². The van der Waals surface area contributed by atoms with E-state index in [0.717, 1.165) is 49.1 Å². The van der Waals surface area contributed by atoms with Crippen molar-refractivity contribution in [2.24, 2.45) is 0 Å². The van der Waals surface area contributed by atoms with Crippen molar-refractivity contribution in [1.29, 1.82) is 0 Å². The number of amides is 3. The van der Waals surface area contributed by atoms with Crippen LogP contribution in [0, 0.1) is 0 Å². The largest absolute Gasteiger partial charge is 0.490 e. The number of pyridine rings is 1. The summed E-state index contributed by atoms with van der Waals surface area (Å²) in [5.41, 5.74) is 0.451. The highest BCUT2D eigenvalue weighted by molar-refractivity contribution is 7.99. The van der Waals surface area contributed by atoms with Crippen LogP contribution in [0.25, 0.3) is 0 Å². The number of urea groups is 1. The van der Waals surface area contributed by atoms with Gasteiger partial charge in [0.2, 0.25) is 0 Å². The number of morpholine rings is 1. The second kappa shape index (κ2) is 13.0. The Balaban J connectivity index is 0.000000532. The Kier molecular flexibility index (Phi) is 10.2. The van der Waals surface area contributed by atoms with Crippen molar-refractivity contribution in [2.45, 2.75) is 37.0 Å². The molecule has 3 amide bonds. The van der Waals surface area contributed by atoms with Gasteiger partial charge in [0, 0.05) is 49.2 Å². The van der Waals surface area contributed by atoms with Gasteiger partial charge in [-0.15, -0.1) is 11.8 Å². The summed E-state index contributed by atoms with van der Waals surface area (Å²) >= 11 is 8.21. The number of hydrogen-bond acceptors (Lipinski definition) is 7. The lowest BCUT2D eigenvalue weighted by molar-refractivity contribution is -0.192. The highest BCUT2D eigenvalue weighted by Gasteiger charge is 2.51. The average Bonchev–Trinajstić information content (AvgIpc) is 3.05. The number of benzene rings is 1. The van der Waals surface area contributed by atoms with Crippen LogP contribution in [0.1, 0.15) is 19.4 Å². The number of hydrogen-bond donors (Lipinski definition) is 1. The van der Waals surface area contributed by atoms with E-state index in [9.17, 15) is 22.8 Å². The number of carbonyl (C=O) groups is 3. The maximum Gasteiger partial charge on any atom is 0.490 e. The molecule has 39 heavy (non-hydrogen) atoms. The first-order valence-electron chi connectivity index (χ1n) is 11.9. The third-order valence-corrected chi connectivity index (χ3v) is 7.58. The molecule has 14 heteroatoms. The second-order valence-corrected chi connectivity index (χ2v) is 10.7. The molecule has 0 aliphatic carbocycles. The number of halogens is 4. The topological polar surface area (TPSA) is 103 Å². The van der Waals surface area contributed by atoms with E-state index in [0.29, 0.717) is 17.3 Å². The van der Waals surface area contributed by atoms with Gasteiger partial charge in [-0.25, -0.2) is 14.5 Å². The van der Waals surface area contributed by atoms with E-state index in [1.54, 1.807) is 55.0 Å². The zero-order chi connectivity index (χ0) is 28.8. The minimum atomic E-state index is -5.08. The van der Waals surface area contributed by atoms with Crippen molar-refractivity contribution in [2.75, 3.05) is 43.5 Å². The number of carboxylic acid groups (broad SMARTS) is 1. The molecule has 212 valence electrons. The van der Waals surface area contributed by atoms with Crippen LogP contribution in [0.3, 0.4) is 0 Å². The third kappa shape index (κ3) is 7.84. The summed E-state index contributed by atoms with van der Waals surface area (Å²) < 4.78 is 37.1. The molecule has 1 N–H and O–H groups in total. The molecule has 9 nitrogen and oxygen atoms in total. The quantitative estimate of drug-likeness (QED) is 0.371. The summed E-state index contributed by atoms with van der Waals surface area (Å²) in [7, 11) is 0. The van der Waals surface area contributed by atoms with Crippen LogP contribution in [-0.4, -0.2) is 88.1 Å². The smallest absolute Gasteiger partial charge is 0.475 e. The number of ether oxygens (including phenoxy) is 1. The molecule has 1 aromatic heterocycles. The fourth-order valence-corrected chi connectivity index (χ4v) is 5.12. The monoisotopic (exact) mass is 588 g/mol. The van der Waals surface area contributed by atoms with Gasteiger partial charge in [-0.2, -0.15) is 13.2 Å². The Morgan fingerprint density at radius 1 is 1.15 bits per heavy atom. The van der Waals surface area contributed by atoms with Gasteiger partial charge in [-0.1, -0.05) is 11.6 Å². The molecular formula is C25H28ClF3N4O5S. The molecule has 1 aromatic carbocycles. The molecular weight excluding hydrogens is 561 g/mol. The molecule has 0 bridgehead atoms. The minimum absolute atomic E-state index is 0.264. The fourth-order valence-electron chi connectivity index (χ4n) is 3.85. The first-order valence-corrected chi connectivity index (χ1v) is 13.3. The number of aromatic nitrogens is 1. The van der Waals surface area contributed by atoms with Crippen molar-refractivity contribution in [3.05, 3.63) is 53.3 Å². The Labute approximate surface area is 232 Å². The van der Waals surface area contributed by atoms with E-state index in [4.69, 9.17) is 26.2 Å². The first kappa shape index (κ1) is 30.7. The molecule has 2 aromatic rings. The zero-order valence-corrected chi connectivity index (χ0v) is 22.9. The van der Waals surface area contributed by atoms with Gasteiger partial charge in [0.25, 0.3) is 5.91 Å². The zero-order valence-electron chi connectivity index (χ0n) is 21.3. The van der Waals surface area contributed by atoms with Crippen LogP contribution in [-0.2, 0) is 20.9 Å². The average molecular weight is 589 g/mol.